The number of hydrogen-bond donors (Lipinski definition) is 2. The van der Waals surface area contributed by atoms with Crippen molar-refractivity contribution >= 4 is 0 Å². The van der Waals surface area contributed by atoms with Gasteiger partial charge in [0.05, 0.1) is 12.2 Å². The van der Waals surface area contributed by atoms with Crippen molar-refractivity contribution in [2.24, 2.45) is 0 Å². The Bertz CT molecular complexity index is 173. The van der Waals surface area contributed by atoms with E-state index in [4.69, 9.17) is 9.84 Å². The van der Waals surface area contributed by atoms with Gasteiger partial charge in [0.2, 0.25) is 0 Å². The molecule has 0 heterocycles. The van der Waals surface area contributed by atoms with Crippen molar-refractivity contribution in [3.05, 3.63) is 0 Å². The summed E-state index contributed by atoms with van der Waals surface area (Å²) in [6, 6.07) is 0. The molecule has 3 heteroatoms. The Balaban J connectivity index is 3.33. The van der Waals surface area contributed by atoms with Crippen molar-refractivity contribution in [2.75, 3.05) is 13.7 Å². The second-order valence-electron chi connectivity index (χ2n) is 5.47. The zero-order valence-corrected chi connectivity index (χ0v) is 12.9. The molecule has 0 fully saturated rings. The quantitative estimate of drug-likeness (QED) is 0.475. The highest BCUT2D eigenvalue weighted by atomic mass is 16.5. The third kappa shape index (κ3) is 11.4. The van der Waals surface area contributed by atoms with E-state index in [2.05, 4.69) is 6.92 Å². The van der Waals surface area contributed by atoms with Gasteiger partial charge < -0.3 is 14.9 Å². The van der Waals surface area contributed by atoms with Crippen molar-refractivity contribution in [2.45, 2.75) is 89.8 Å². The maximum absolute atomic E-state index is 9.90. The number of aliphatic hydroxyl groups excluding tert-OH is 2. The lowest BCUT2D eigenvalue weighted by molar-refractivity contribution is -0.0281. The third-order valence-electron chi connectivity index (χ3n) is 3.75. The number of rotatable bonds is 14. The van der Waals surface area contributed by atoms with E-state index in [1.807, 2.05) is 0 Å². The molecule has 2 N–H and O–H groups in total. The minimum atomic E-state index is -0.429. The summed E-state index contributed by atoms with van der Waals surface area (Å²) in [5.41, 5.74) is 0. The Morgan fingerprint density at radius 1 is 0.842 bits per heavy atom. The summed E-state index contributed by atoms with van der Waals surface area (Å²) in [7, 11) is 1.60. The summed E-state index contributed by atoms with van der Waals surface area (Å²) < 4.78 is 5.18. The van der Waals surface area contributed by atoms with Gasteiger partial charge in [0.15, 0.2) is 0 Å². The number of aliphatic hydroxyl groups is 2. The summed E-state index contributed by atoms with van der Waals surface area (Å²) in [6.45, 7) is 2.32. The Labute approximate surface area is 119 Å². The zero-order chi connectivity index (χ0) is 14.3. The van der Waals surface area contributed by atoms with E-state index in [0.717, 1.165) is 12.8 Å². The van der Waals surface area contributed by atoms with Gasteiger partial charge in [-0.2, -0.15) is 0 Å². The molecule has 0 saturated carbocycles. The maximum atomic E-state index is 9.90. The number of unbranched alkanes of at least 4 members (excludes halogenated alkanes) is 8. The standard InChI is InChI=1S/C16H34O3/c1-3-4-5-6-7-8-9-10-11-12-15(18)16(19-2)13-14-17/h15-18H,3-14H2,1-2H3. The SMILES string of the molecule is CCCCCCCCCCCC(O)C(CCO)OC. The summed E-state index contributed by atoms with van der Waals surface area (Å²) in [6.07, 6.45) is 12.3. The fraction of sp³-hybridized carbons (Fsp3) is 1.00. The third-order valence-corrected chi connectivity index (χ3v) is 3.75. The van der Waals surface area contributed by atoms with Crippen LogP contribution >= 0.6 is 0 Å². The van der Waals surface area contributed by atoms with Crippen LogP contribution in [-0.4, -0.2) is 36.1 Å². The van der Waals surface area contributed by atoms with Crippen LogP contribution in [0.2, 0.25) is 0 Å². The van der Waals surface area contributed by atoms with Crippen LogP contribution in [0.1, 0.15) is 77.6 Å². The van der Waals surface area contributed by atoms with E-state index >= 15 is 0 Å². The lowest BCUT2D eigenvalue weighted by Crippen LogP contribution is -2.28. The van der Waals surface area contributed by atoms with E-state index in [1.54, 1.807) is 7.11 Å². The van der Waals surface area contributed by atoms with Crippen LogP contribution in [0, 0.1) is 0 Å². The molecule has 0 aliphatic carbocycles. The number of ether oxygens (including phenoxy) is 1. The highest BCUT2D eigenvalue weighted by molar-refractivity contribution is 4.68. The molecule has 0 aromatic heterocycles. The van der Waals surface area contributed by atoms with Crippen LogP contribution in [0.4, 0.5) is 0 Å². The zero-order valence-electron chi connectivity index (χ0n) is 12.9. The van der Waals surface area contributed by atoms with Gasteiger partial charge in [-0.05, 0) is 12.8 Å². The second-order valence-corrected chi connectivity index (χ2v) is 5.47. The molecule has 0 aliphatic rings. The lowest BCUT2D eigenvalue weighted by Gasteiger charge is -2.20. The molecule has 0 aromatic rings. The molecule has 0 rings (SSSR count). The highest BCUT2D eigenvalue weighted by Gasteiger charge is 2.17. The Morgan fingerprint density at radius 3 is 1.84 bits per heavy atom. The highest BCUT2D eigenvalue weighted by Crippen LogP contribution is 2.14. The maximum Gasteiger partial charge on any atom is 0.0851 e. The van der Waals surface area contributed by atoms with Crippen LogP contribution in [0.25, 0.3) is 0 Å². The van der Waals surface area contributed by atoms with Gasteiger partial charge in [-0.25, -0.2) is 0 Å². The van der Waals surface area contributed by atoms with Gasteiger partial charge >= 0.3 is 0 Å². The largest absolute Gasteiger partial charge is 0.396 e. The summed E-state index contributed by atoms with van der Waals surface area (Å²) in [4.78, 5) is 0. The second kappa shape index (κ2) is 14.3. The molecule has 19 heavy (non-hydrogen) atoms. The van der Waals surface area contributed by atoms with Gasteiger partial charge in [0, 0.05) is 13.7 Å². The molecular formula is C16H34O3. The normalized spacial score (nSPS) is 14.5. The van der Waals surface area contributed by atoms with Crippen LogP contribution < -0.4 is 0 Å². The minimum absolute atomic E-state index is 0.0767. The molecule has 0 bridgehead atoms. The van der Waals surface area contributed by atoms with E-state index in [9.17, 15) is 5.11 Å². The van der Waals surface area contributed by atoms with Crippen LogP contribution in [0.15, 0.2) is 0 Å². The average molecular weight is 274 g/mol. The summed E-state index contributed by atoms with van der Waals surface area (Å²) >= 11 is 0. The molecule has 0 radical (unpaired) electrons. The summed E-state index contributed by atoms with van der Waals surface area (Å²) in [5, 5.41) is 18.8. The Hall–Kier alpha value is -0.120. The first-order chi connectivity index (χ1) is 9.26. The van der Waals surface area contributed by atoms with E-state index < -0.39 is 6.10 Å². The predicted octanol–water partition coefficient (Wildman–Crippen LogP) is 3.67. The van der Waals surface area contributed by atoms with Gasteiger partial charge in [-0.3, -0.25) is 0 Å². The van der Waals surface area contributed by atoms with E-state index in [0.29, 0.717) is 6.42 Å². The van der Waals surface area contributed by atoms with Crippen LogP contribution in [0.5, 0.6) is 0 Å². The molecule has 2 atom stereocenters. The average Bonchev–Trinajstić information content (AvgIpc) is 2.42. The molecule has 2 unspecified atom stereocenters. The Morgan fingerprint density at radius 2 is 1.37 bits per heavy atom. The molecule has 0 aliphatic heterocycles. The van der Waals surface area contributed by atoms with E-state index in [-0.39, 0.29) is 12.7 Å². The van der Waals surface area contributed by atoms with Crippen molar-refractivity contribution < 1.29 is 14.9 Å². The van der Waals surface area contributed by atoms with Gasteiger partial charge in [0.1, 0.15) is 0 Å². The molecule has 0 saturated heterocycles. The first-order valence-corrected chi connectivity index (χ1v) is 8.08. The molecule has 0 aromatic carbocycles. The van der Waals surface area contributed by atoms with Crippen LogP contribution in [-0.2, 0) is 4.74 Å². The van der Waals surface area contributed by atoms with Gasteiger partial charge in [0.25, 0.3) is 0 Å². The Kier molecular flexibility index (Phi) is 14.2. The van der Waals surface area contributed by atoms with Crippen molar-refractivity contribution in [3.63, 3.8) is 0 Å². The molecule has 3 nitrogen and oxygen atoms in total. The predicted molar refractivity (Wildman–Crippen MR) is 80.4 cm³/mol. The first-order valence-electron chi connectivity index (χ1n) is 8.08. The first kappa shape index (κ1) is 18.9. The molecule has 0 spiro atoms. The number of hydrogen-bond acceptors (Lipinski definition) is 3. The van der Waals surface area contributed by atoms with E-state index in [1.165, 1.54) is 51.4 Å². The molecule has 116 valence electrons. The summed E-state index contributed by atoms with van der Waals surface area (Å²) in [5.74, 6) is 0. The fourth-order valence-corrected chi connectivity index (χ4v) is 2.44. The van der Waals surface area contributed by atoms with Crippen molar-refractivity contribution in [1.82, 2.24) is 0 Å². The minimum Gasteiger partial charge on any atom is -0.396 e. The number of methoxy groups -OCH3 is 1. The topological polar surface area (TPSA) is 49.7 Å². The smallest absolute Gasteiger partial charge is 0.0851 e. The van der Waals surface area contributed by atoms with Crippen molar-refractivity contribution in [1.29, 1.82) is 0 Å². The fourth-order valence-electron chi connectivity index (χ4n) is 2.44. The van der Waals surface area contributed by atoms with Gasteiger partial charge in [-0.15, -0.1) is 0 Å². The van der Waals surface area contributed by atoms with Crippen molar-refractivity contribution in [3.8, 4) is 0 Å². The monoisotopic (exact) mass is 274 g/mol. The van der Waals surface area contributed by atoms with Crippen LogP contribution in [0.3, 0.4) is 0 Å². The molecular weight excluding hydrogens is 240 g/mol. The molecule has 0 amide bonds. The lowest BCUT2D eigenvalue weighted by atomic mass is 10.0. The van der Waals surface area contributed by atoms with Gasteiger partial charge in [-0.1, -0.05) is 64.7 Å².